The van der Waals surface area contributed by atoms with Crippen molar-refractivity contribution in [3.8, 4) is 0 Å². The molecule has 25 heavy (non-hydrogen) atoms. The van der Waals surface area contributed by atoms with Gasteiger partial charge in [0.2, 0.25) is 9.70 Å². The number of carbonyl (C=O) groups excluding carboxylic acids is 1. The van der Waals surface area contributed by atoms with Gasteiger partial charge in [-0.15, -0.1) is 0 Å². The zero-order chi connectivity index (χ0) is 18.9. The van der Waals surface area contributed by atoms with Gasteiger partial charge in [0.05, 0.1) is 5.69 Å². The molecule has 0 aliphatic heterocycles. The van der Waals surface area contributed by atoms with E-state index >= 15 is 0 Å². The van der Waals surface area contributed by atoms with Crippen molar-refractivity contribution in [2.24, 2.45) is 0 Å². The summed E-state index contributed by atoms with van der Waals surface area (Å²) in [7, 11) is 0. The van der Waals surface area contributed by atoms with Crippen molar-refractivity contribution in [3.05, 3.63) is 28.7 Å². The Morgan fingerprint density at radius 2 is 1.88 bits per heavy atom. The molecule has 0 saturated heterocycles. The van der Waals surface area contributed by atoms with Crippen LogP contribution in [0.5, 0.6) is 0 Å². The number of hydrogen-bond acceptors (Lipinski definition) is 2. The minimum absolute atomic E-state index is 0.191. The fraction of sp³-hybridized carbons (Fsp3) is 0.500. The fourth-order valence-electron chi connectivity index (χ4n) is 2.00. The number of amides is 1. The van der Waals surface area contributed by atoms with Gasteiger partial charge in [0, 0.05) is 10.9 Å². The largest absolute Gasteiger partial charge is 0.339 e. The van der Waals surface area contributed by atoms with Crippen molar-refractivity contribution in [1.82, 2.24) is 10.6 Å². The van der Waals surface area contributed by atoms with Crippen LogP contribution >= 0.6 is 63.0 Å². The first-order chi connectivity index (χ1) is 11.7. The van der Waals surface area contributed by atoms with E-state index in [1.165, 1.54) is 0 Å². The highest BCUT2D eigenvalue weighted by atomic mass is 79.9. The van der Waals surface area contributed by atoms with E-state index in [1.807, 2.05) is 24.3 Å². The maximum absolute atomic E-state index is 12.1. The molecule has 1 rings (SSSR count). The van der Waals surface area contributed by atoms with Crippen LogP contribution in [0.1, 0.15) is 39.0 Å². The number of para-hydroxylation sites is 1. The molecule has 1 aromatic carbocycles. The Hall–Kier alpha value is -0.270. The summed E-state index contributed by atoms with van der Waals surface area (Å²) in [6.07, 6.45) is 3.43. The number of nitrogens with one attached hydrogen (secondary N) is 3. The smallest absolute Gasteiger partial charge is 0.228 e. The molecule has 0 aromatic heterocycles. The lowest BCUT2D eigenvalue weighted by molar-refractivity contribution is -0.122. The lowest BCUT2D eigenvalue weighted by Crippen LogP contribution is -2.56. The summed E-state index contributed by atoms with van der Waals surface area (Å²) < 4.78 is -0.914. The third kappa shape index (κ3) is 9.29. The van der Waals surface area contributed by atoms with Gasteiger partial charge in [-0.3, -0.25) is 4.79 Å². The number of anilines is 1. The average molecular weight is 490 g/mol. The average Bonchev–Trinajstić information content (AvgIpc) is 2.52. The standard InChI is InChI=1S/C16H21BrCl3N3OS/c1-2-3-4-5-10-13(24)22-14(16(18,19)20)23-15(25)21-12-9-7-6-8-11(12)17/h6-9,14H,2-5,10H2,1H3,(H,22,24)(H2,21,23,25)/t14-/m1/s1. The second-order valence-electron chi connectivity index (χ2n) is 5.43. The summed E-state index contributed by atoms with van der Waals surface area (Å²) in [5.41, 5.74) is 0.758. The number of thiocarbonyl (C=S) groups is 1. The third-order valence-electron chi connectivity index (χ3n) is 3.29. The van der Waals surface area contributed by atoms with Crippen LogP contribution < -0.4 is 16.0 Å². The Bertz CT molecular complexity index is 584. The molecule has 140 valence electrons. The molecule has 1 atom stereocenters. The second-order valence-corrected chi connectivity index (χ2v) is 9.06. The Morgan fingerprint density at radius 3 is 2.48 bits per heavy atom. The molecular weight excluding hydrogens is 469 g/mol. The van der Waals surface area contributed by atoms with Gasteiger partial charge in [-0.1, -0.05) is 73.1 Å². The molecule has 1 aromatic rings. The molecule has 0 fully saturated rings. The van der Waals surface area contributed by atoms with Crippen LogP contribution in [0.3, 0.4) is 0 Å². The maximum atomic E-state index is 12.1. The summed E-state index contributed by atoms with van der Waals surface area (Å²) in [6.45, 7) is 2.11. The van der Waals surface area contributed by atoms with Gasteiger partial charge in [-0.25, -0.2) is 0 Å². The Balaban J connectivity index is 2.59. The summed E-state index contributed by atoms with van der Waals surface area (Å²) >= 11 is 26.5. The first-order valence-electron chi connectivity index (χ1n) is 7.92. The summed E-state index contributed by atoms with van der Waals surface area (Å²) in [5.74, 6) is -0.191. The van der Waals surface area contributed by atoms with Crippen molar-refractivity contribution in [2.75, 3.05) is 5.32 Å². The molecule has 1 amide bonds. The third-order valence-corrected chi connectivity index (χ3v) is 4.85. The number of alkyl halides is 3. The van der Waals surface area contributed by atoms with E-state index in [4.69, 9.17) is 47.0 Å². The van der Waals surface area contributed by atoms with Crippen molar-refractivity contribution in [1.29, 1.82) is 0 Å². The molecule has 0 radical (unpaired) electrons. The molecule has 4 nitrogen and oxygen atoms in total. The van der Waals surface area contributed by atoms with Crippen LogP contribution in [-0.2, 0) is 4.79 Å². The van der Waals surface area contributed by atoms with Crippen molar-refractivity contribution in [3.63, 3.8) is 0 Å². The highest BCUT2D eigenvalue weighted by molar-refractivity contribution is 9.10. The first kappa shape index (κ1) is 22.8. The van der Waals surface area contributed by atoms with E-state index in [0.29, 0.717) is 6.42 Å². The zero-order valence-electron chi connectivity index (χ0n) is 13.8. The van der Waals surface area contributed by atoms with E-state index in [1.54, 1.807) is 0 Å². The SMILES string of the molecule is CCCCCCC(=O)N[C@H](NC(=S)Nc1ccccc1Br)C(Cl)(Cl)Cl. The lowest BCUT2D eigenvalue weighted by Gasteiger charge is -2.28. The molecular formula is C16H21BrCl3N3OS. The quantitative estimate of drug-likeness (QED) is 0.195. The van der Waals surface area contributed by atoms with Crippen molar-refractivity contribution in [2.45, 2.75) is 49.0 Å². The maximum Gasteiger partial charge on any atom is 0.228 e. The predicted molar refractivity (Wildman–Crippen MR) is 114 cm³/mol. The van der Waals surface area contributed by atoms with Gasteiger partial charge in [0.1, 0.15) is 6.17 Å². The lowest BCUT2D eigenvalue weighted by atomic mass is 10.1. The molecule has 0 bridgehead atoms. The second kappa shape index (κ2) is 11.4. The first-order valence-corrected chi connectivity index (χ1v) is 10.3. The highest BCUT2D eigenvalue weighted by Gasteiger charge is 2.34. The number of hydrogen-bond donors (Lipinski definition) is 3. The Kier molecular flexibility index (Phi) is 10.4. The van der Waals surface area contributed by atoms with Gasteiger partial charge < -0.3 is 16.0 Å². The monoisotopic (exact) mass is 487 g/mol. The van der Waals surface area contributed by atoms with Crippen LogP contribution in [0.25, 0.3) is 0 Å². The Morgan fingerprint density at radius 1 is 1.20 bits per heavy atom. The van der Waals surface area contributed by atoms with E-state index in [-0.39, 0.29) is 11.0 Å². The molecule has 0 aliphatic carbocycles. The van der Waals surface area contributed by atoms with Gasteiger partial charge >= 0.3 is 0 Å². The van der Waals surface area contributed by atoms with Crippen LogP contribution in [0.2, 0.25) is 0 Å². The van der Waals surface area contributed by atoms with E-state index in [2.05, 4.69) is 38.8 Å². The molecule has 0 unspecified atom stereocenters. The molecule has 9 heteroatoms. The van der Waals surface area contributed by atoms with Crippen LogP contribution in [-0.4, -0.2) is 21.0 Å². The Labute approximate surface area is 177 Å². The van der Waals surface area contributed by atoms with Gasteiger partial charge in [0.25, 0.3) is 0 Å². The highest BCUT2D eigenvalue weighted by Crippen LogP contribution is 2.29. The topological polar surface area (TPSA) is 53.2 Å². The van der Waals surface area contributed by atoms with Crippen LogP contribution in [0.15, 0.2) is 28.7 Å². The van der Waals surface area contributed by atoms with Crippen LogP contribution in [0.4, 0.5) is 5.69 Å². The summed E-state index contributed by atoms with van der Waals surface area (Å²) in [4.78, 5) is 12.1. The van der Waals surface area contributed by atoms with Gasteiger partial charge in [0.15, 0.2) is 5.11 Å². The van der Waals surface area contributed by atoms with E-state index in [9.17, 15) is 4.79 Å². The number of rotatable bonds is 8. The van der Waals surface area contributed by atoms with Crippen molar-refractivity contribution < 1.29 is 4.79 Å². The van der Waals surface area contributed by atoms with E-state index < -0.39 is 9.96 Å². The molecule has 0 saturated carbocycles. The summed E-state index contributed by atoms with van der Waals surface area (Å²) in [5, 5.41) is 8.74. The van der Waals surface area contributed by atoms with Gasteiger partial charge in [-0.05, 0) is 46.7 Å². The number of unbranched alkanes of at least 4 members (excludes halogenated alkanes) is 3. The number of carbonyl (C=O) groups is 1. The zero-order valence-corrected chi connectivity index (χ0v) is 18.4. The number of benzene rings is 1. The minimum atomic E-state index is -1.75. The van der Waals surface area contributed by atoms with Gasteiger partial charge in [-0.2, -0.15) is 0 Å². The summed E-state index contributed by atoms with van der Waals surface area (Å²) in [6, 6.07) is 7.46. The molecule has 0 heterocycles. The molecule has 0 aliphatic rings. The predicted octanol–water partition coefficient (Wildman–Crippen LogP) is 5.52. The fourth-order valence-corrected chi connectivity index (χ4v) is 2.94. The normalized spacial score (nSPS) is 12.4. The van der Waals surface area contributed by atoms with Crippen LogP contribution in [0, 0.1) is 0 Å². The minimum Gasteiger partial charge on any atom is -0.339 e. The number of halogens is 4. The van der Waals surface area contributed by atoms with E-state index in [0.717, 1.165) is 35.8 Å². The molecule has 3 N–H and O–H groups in total. The molecule has 0 spiro atoms. The van der Waals surface area contributed by atoms with Crippen molar-refractivity contribution >= 4 is 79.7 Å².